The molecule has 2 aliphatic rings. The van der Waals surface area contributed by atoms with Crippen LogP contribution in [0.25, 0.3) is 0 Å². The average Bonchev–Trinajstić information content (AvgIpc) is 2.64. The van der Waals surface area contributed by atoms with Crippen LogP contribution in [-0.2, 0) is 4.74 Å². The highest BCUT2D eigenvalue weighted by molar-refractivity contribution is 4.82. The molecule has 0 aromatic heterocycles. The van der Waals surface area contributed by atoms with E-state index in [1.807, 2.05) is 0 Å². The van der Waals surface area contributed by atoms with Crippen molar-refractivity contribution < 1.29 is 4.74 Å². The van der Waals surface area contributed by atoms with E-state index in [2.05, 4.69) is 13.8 Å². The summed E-state index contributed by atoms with van der Waals surface area (Å²) in [5.41, 5.74) is 0. The fourth-order valence-corrected chi connectivity index (χ4v) is 5.12. The normalized spacial score (nSPS) is 31.2. The van der Waals surface area contributed by atoms with E-state index in [-0.39, 0.29) is 0 Å². The van der Waals surface area contributed by atoms with Crippen LogP contribution < -0.4 is 0 Å². The van der Waals surface area contributed by atoms with Crippen LogP contribution in [0.2, 0.25) is 0 Å². The molecule has 142 valence electrons. The third-order valence-electron chi connectivity index (χ3n) is 6.84. The van der Waals surface area contributed by atoms with Gasteiger partial charge in [-0.25, -0.2) is 0 Å². The third kappa shape index (κ3) is 7.46. The summed E-state index contributed by atoms with van der Waals surface area (Å²) in [7, 11) is 0. The van der Waals surface area contributed by atoms with Gasteiger partial charge in [-0.3, -0.25) is 0 Å². The van der Waals surface area contributed by atoms with Crippen LogP contribution in [0.15, 0.2) is 0 Å². The first-order valence-corrected chi connectivity index (χ1v) is 11.4. The fraction of sp³-hybridized carbons (Fsp3) is 1.00. The Hall–Kier alpha value is -0.0400. The molecule has 0 amide bonds. The second-order valence-electron chi connectivity index (χ2n) is 8.74. The highest BCUT2D eigenvalue weighted by atomic mass is 16.5. The zero-order chi connectivity index (χ0) is 17.0. The van der Waals surface area contributed by atoms with Crippen molar-refractivity contribution in [3.63, 3.8) is 0 Å². The van der Waals surface area contributed by atoms with Crippen LogP contribution >= 0.6 is 0 Å². The zero-order valence-corrected chi connectivity index (χ0v) is 16.7. The molecule has 0 aromatic rings. The van der Waals surface area contributed by atoms with E-state index >= 15 is 0 Å². The van der Waals surface area contributed by atoms with E-state index in [4.69, 9.17) is 4.74 Å². The summed E-state index contributed by atoms with van der Waals surface area (Å²) < 4.78 is 6.16. The number of unbranched alkanes of at least 4 members (excludes halogenated alkanes) is 5. The molecule has 2 rings (SSSR count). The van der Waals surface area contributed by atoms with Gasteiger partial charge in [-0.15, -0.1) is 0 Å². The van der Waals surface area contributed by atoms with Crippen molar-refractivity contribution in [3.8, 4) is 0 Å². The lowest BCUT2D eigenvalue weighted by atomic mass is 9.70. The number of hydrogen-bond donors (Lipinski definition) is 0. The third-order valence-corrected chi connectivity index (χ3v) is 6.84. The van der Waals surface area contributed by atoms with E-state index in [0.29, 0.717) is 6.10 Å². The first-order valence-electron chi connectivity index (χ1n) is 11.4. The van der Waals surface area contributed by atoms with Gasteiger partial charge in [0.2, 0.25) is 0 Å². The average molecular weight is 337 g/mol. The fourth-order valence-electron chi connectivity index (χ4n) is 5.12. The summed E-state index contributed by atoms with van der Waals surface area (Å²) in [4.78, 5) is 0. The van der Waals surface area contributed by atoms with Crippen LogP contribution in [0.1, 0.15) is 117 Å². The lowest BCUT2D eigenvalue weighted by molar-refractivity contribution is 0.00528. The molecule has 1 nitrogen and oxygen atoms in total. The smallest absolute Gasteiger partial charge is 0.0575 e. The molecule has 2 aliphatic carbocycles. The van der Waals surface area contributed by atoms with Gasteiger partial charge < -0.3 is 4.74 Å². The Bertz CT molecular complexity index is 284. The summed E-state index contributed by atoms with van der Waals surface area (Å²) >= 11 is 0. The van der Waals surface area contributed by atoms with Crippen LogP contribution in [0.3, 0.4) is 0 Å². The van der Waals surface area contributed by atoms with Crippen LogP contribution in [0, 0.1) is 17.8 Å². The highest BCUT2D eigenvalue weighted by Crippen LogP contribution is 2.41. The van der Waals surface area contributed by atoms with E-state index in [1.165, 1.54) is 103 Å². The van der Waals surface area contributed by atoms with Gasteiger partial charge >= 0.3 is 0 Å². The summed E-state index contributed by atoms with van der Waals surface area (Å²) in [5.74, 6) is 3.15. The molecule has 0 N–H and O–H groups in total. The topological polar surface area (TPSA) is 9.23 Å². The van der Waals surface area contributed by atoms with Gasteiger partial charge in [-0.05, 0) is 62.7 Å². The van der Waals surface area contributed by atoms with E-state index in [9.17, 15) is 0 Å². The van der Waals surface area contributed by atoms with E-state index in [1.54, 1.807) is 0 Å². The SMILES string of the molecule is CCCCCCCO[C@H]1CC[C@H](C2CCC(CCCC)CC2)CC1. The maximum Gasteiger partial charge on any atom is 0.0575 e. The molecule has 2 saturated carbocycles. The Morgan fingerprint density at radius 3 is 1.83 bits per heavy atom. The molecular weight excluding hydrogens is 292 g/mol. The lowest BCUT2D eigenvalue weighted by Crippen LogP contribution is -2.28. The monoisotopic (exact) mass is 336 g/mol. The Labute approximate surface area is 152 Å². The number of hydrogen-bond acceptors (Lipinski definition) is 1. The molecule has 0 spiro atoms. The minimum absolute atomic E-state index is 0.591. The predicted octanol–water partition coefficient (Wildman–Crippen LogP) is 7.53. The molecule has 2 fully saturated rings. The van der Waals surface area contributed by atoms with Gasteiger partial charge in [0.05, 0.1) is 6.10 Å². The summed E-state index contributed by atoms with van der Waals surface area (Å²) in [6.07, 6.45) is 23.4. The second kappa shape index (κ2) is 12.3. The first kappa shape index (κ1) is 20.3. The molecule has 24 heavy (non-hydrogen) atoms. The summed E-state index contributed by atoms with van der Waals surface area (Å²) in [6, 6.07) is 0. The van der Waals surface area contributed by atoms with Crippen molar-refractivity contribution in [1.82, 2.24) is 0 Å². The van der Waals surface area contributed by atoms with Crippen LogP contribution in [0.4, 0.5) is 0 Å². The Morgan fingerprint density at radius 1 is 0.625 bits per heavy atom. The van der Waals surface area contributed by atoms with Crippen molar-refractivity contribution in [2.45, 2.75) is 123 Å². The maximum atomic E-state index is 6.16. The van der Waals surface area contributed by atoms with E-state index < -0.39 is 0 Å². The van der Waals surface area contributed by atoms with Gasteiger partial charge in [0.15, 0.2) is 0 Å². The quantitative estimate of drug-likeness (QED) is 0.354. The molecule has 0 radical (unpaired) electrons. The minimum atomic E-state index is 0.591. The molecule has 1 heteroatoms. The Balaban J connectivity index is 1.52. The molecule has 0 saturated heterocycles. The number of rotatable bonds is 11. The summed E-state index contributed by atoms with van der Waals surface area (Å²) in [6.45, 7) is 5.63. The molecule has 0 bridgehead atoms. The molecule has 0 aliphatic heterocycles. The van der Waals surface area contributed by atoms with Crippen LogP contribution in [0.5, 0.6) is 0 Å². The van der Waals surface area contributed by atoms with Gasteiger partial charge in [0.1, 0.15) is 0 Å². The van der Waals surface area contributed by atoms with Crippen molar-refractivity contribution in [3.05, 3.63) is 0 Å². The predicted molar refractivity (Wildman–Crippen MR) is 105 cm³/mol. The Morgan fingerprint density at radius 2 is 1.21 bits per heavy atom. The van der Waals surface area contributed by atoms with Gasteiger partial charge in [0, 0.05) is 6.61 Å². The van der Waals surface area contributed by atoms with Crippen molar-refractivity contribution in [2.24, 2.45) is 17.8 Å². The maximum absolute atomic E-state index is 6.16. The van der Waals surface area contributed by atoms with Crippen molar-refractivity contribution in [2.75, 3.05) is 6.61 Å². The van der Waals surface area contributed by atoms with Crippen molar-refractivity contribution >= 4 is 0 Å². The molecular formula is C23H44O. The van der Waals surface area contributed by atoms with Crippen molar-refractivity contribution in [1.29, 1.82) is 0 Å². The van der Waals surface area contributed by atoms with Crippen LogP contribution in [-0.4, -0.2) is 12.7 Å². The number of ether oxygens (including phenoxy) is 1. The molecule has 0 atom stereocenters. The largest absolute Gasteiger partial charge is 0.378 e. The van der Waals surface area contributed by atoms with E-state index in [0.717, 1.165) is 24.4 Å². The first-order chi connectivity index (χ1) is 11.8. The molecule has 0 aromatic carbocycles. The summed E-state index contributed by atoms with van der Waals surface area (Å²) in [5, 5.41) is 0. The molecule has 0 heterocycles. The standard InChI is InChI=1S/C23H44O/c1-3-5-7-8-9-19-24-23-17-15-22(16-18-23)21-13-11-20(12-14-21)10-6-4-2/h20-23H,3-19H2,1-2H3/t20?,21?,22-,23-. The van der Waals surface area contributed by atoms with Gasteiger partial charge in [-0.1, -0.05) is 71.6 Å². The second-order valence-corrected chi connectivity index (χ2v) is 8.74. The molecule has 0 unspecified atom stereocenters. The van der Waals surface area contributed by atoms with Gasteiger partial charge in [0.25, 0.3) is 0 Å². The minimum Gasteiger partial charge on any atom is -0.378 e. The van der Waals surface area contributed by atoms with Gasteiger partial charge in [-0.2, -0.15) is 0 Å². The highest BCUT2D eigenvalue weighted by Gasteiger charge is 2.30. The zero-order valence-electron chi connectivity index (χ0n) is 16.7. The Kier molecular flexibility index (Phi) is 10.4. The lowest BCUT2D eigenvalue weighted by Gasteiger charge is -2.37.